The van der Waals surface area contributed by atoms with Crippen LogP contribution in [0.4, 0.5) is 0 Å². The largest absolute Gasteiger partial charge is 0.557 e. The molecular formula is C44H39IrN3O2-2. The first-order valence-electron chi connectivity index (χ1n) is 18.1. The summed E-state index contributed by atoms with van der Waals surface area (Å²) in [4.78, 5) is 9.22. The molecule has 0 bridgehead atoms. The number of nitrogens with zero attached hydrogens (tertiary/aromatic N) is 3. The van der Waals surface area contributed by atoms with E-state index in [4.69, 9.17) is 17.9 Å². The van der Waals surface area contributed by atoms with Gasteiger partial charge in [-0.25, -0.2) is 0 Å². The van der Waals surface area contributed by atoms with E-state index in [0.29, 0.717) is 11.8 Å². The summed E-state index contributed by atoms with van der Waals surface area (Å²) in [5.74, 6) is 2.54. The van der Waals surface area contributed by atoms with Crippen molar-refractivity contribution in [3.8, 4) is 34.0 Å². The molecule has 8 rings (SSSR count). The van der Waals surface area contributed by atoms with Crippen molar-refractivity contribution in [3.05, 3.63) is 156 Å². The van der Waals surface area contributed by atoms with Gasteiger partial charge in [0.2, 0.25) is 0 Å². The third kappa shape index (κ3) is 7.14. The minimum Gasteiger partial charge on any atom is -0.557 e. The second-order valence-electron chi connectivity index (χ2n) is 12.7. The Bertz CT molecular complexity index is 2400. The average Bonchev–Trinajstić information content (AvgIpc) is 3.91. The van der Waals surface area contributed by atoms with Crippen molar-refractivity contribution >= 4 is 22.0 Å². The second kappa shape index (κ2) is 15.2. The quantitative estimate of drug-likeness (QED) is 0.150. The number of rotatable bonds is 7. The molecule has 0 saturated carbocycles. The fourth-order valence-electron chi connectivity index (χ4n) is 6.32. The first-order chi connectivity index (χ1) is 25.1. The molecule has 4 aromatic carbocycles. The molecule has 4 aromatic heterocycles. The Hall–Kier alpha value is -5.03. The van der Waals surface area contributed by atoms with E-state index in [2.05, 4.69) is 92.0 Å². The number of aromatic nitrogens is 3. The molecule has 0 N–H and O–H groups in total. The van der Waals surface area contributed by atoms with Crippen LogP contribution in [0.2, 0.25) is 0 Å². The van der Waals surface area contributed by atoms with Gasteiger partial charge in [-0.2, -0.15) is 0 Å². The van der Waals surface area contributed by atoms with Crippen molar-refractivity contribution < 1.29 is 33.1 Å². The molecule has 0 fully saturated rings. The Morgan fingerprint density at radius 2 is 1.64 bits per heavy atom. The number of fused-ring (bicyclic) bond motifs is 2. The first-order valence-corrected chi connectivity index (χ1v) is 16.6. The maximum atomic E-state index is 7.23. The van der Waals surface area contributed by atoms with Crippen LogP contribution in [0.1, 0.15) is 65.9 Å². The third-order valence-electron chi connectivity index (χ3n) is 8.75. The van der Waals surface area contributed by atoms with Crippen molar-refractivity contribution in [2.24, 2.45) is 0 Å². The first kappa shape index (κ1) is 31.0. The molecular weight excluding hydrogens is 795 g/mol. The maximum absolute atomic E-state index is 7.23. The zero-order valence-corrected chi connectivity index (χ0v) is 30.8. The summed E-state index contributed by atoms with van der Waals surface area (Å²) in [7, 11) is 0. The number of benzene rings is 4. The Kier molecular flexibility index (Phi) is 9.45. The van der Waals surface area contributed by atoms with Crippen LogP contribution in [-0.4, -0.2) is 14.5 Å². The van der Waals surface area contributed by atoms with E-state index in [1.807, 2.05) is 48.5 Å². The van der Waals surface area contributed by atoms with Crippen LogP contribution in [0.5, 0.6) is 0 Å². The second-order valence-corrected chi connectivity index (χ2v) is 12.7. The zero-order valence-electron chi connectivity index (χ0n) is 31.4. The molecule has 0 atom stereocenters. The molecule has 0 aliphatic heterocycles. The van der Waals surface area contributed by atoms with Crippen LogP contribution >= 0.6 is 0 Å². The van der Waals surface area contributed by atoms with Crippen molar-refractivity contribution in [1.29, 1.82) is 0 Å². The fourth-order valence-corrected chi connectivity index (χ4v) is 6.32. The number of hydrogen-bond acceptors (Lipinski definition) is 4. The Balaban J connectivity index is 0.000000238. The van der Waals surface area contributed by atoms with E-state index >= 15 is 0 Å². The van der Waals surface area contributed by atoms with Crippen molar-refractivity contribution in [3.63, 3.8) is 0 Å². The summed E-state index contributed by atoms with van der Waals surface area (Å²) in [5, 5.41) is 0.974. The van der Waals surface area contributed by atoms with Gasteiger partial charge in [-0.1, -0.05) is 99.3 Å². The monoisotopic (exact) mass is 837 g/mol. The van der Waals surface area contributed by atoms with E-state index in [1.165, 1.54) is 22.9 Å². The van der Waals surface area contributed by atoms with E-state index in [-0.39, 0.29) is 25.7 Å². The van der Waals surface area contributed by atoms with E-state index in [9.17, 15) is 0 Å². The topological polar surface area (TPSA) is 57.0 Å². The van der Waals surface area contributed by atoms with Crippen LogP contribution in [0.25, 0.3) is 56.0 Å². The summed E-state index contributed by atoms with van der Waals surface area (Å²) in [6.07, 6.45) is 6.26. The number of imidazole rings is 1. The summed E-state index contributed by atoms with van der Waals surface area (Å²) in [6, 6.07) is 38.8. The van der Waals surface area contributed by atoms with Crippen molar-refractivity contribution in [1.82, 2.24) is 14.5 Å². The summed E-state index contributed by atoms with van der Waals surface area (Å²) < 4.78 is 35.6. The third-order valence-corrected chi connectivity index (χ3v) is 8.75. The van der Waals surface area contributed by atoms with Crippen LogP contribution in [0.3, 0.4) is 0 Å². The number of hydrogen-bond donors (Lipinski definition) is 0. The SMILES string of the molecule is CC(C)c1cccc(C(C)C)c1Cn1c(-c2[c-]oc3ccc(-c4ccco4)cc23)nc2ccccc21.[2H]C([2H])([2H])c1ccc(-c2[c-]cccc2)nc1.[Ir]. The van der Waals surface area contributed by atoms with Gasteiger partial charge in [0.1, 0.15) is 5.76 Å². The van der Waals surface area contributed by atoms with E-state index in [1.54, 1.807) is 24.5 Å². The van der Waals surface area contributed by atoms with Gasteiger partial charge in [0.25, 0.3) is 0 Å². The van der Waals surface area contributed by atoms with Gasteiger partial charge in [-0.3, -0.25) is 4.98 Å². The number of pyridine rings is 1. The van der Waals surface area contributed by atoms with Gasteiger partial charge in [0.05, 0.1) is 23.1 Å². The minimum absolute atomic E-state index is 0. The number of aryl methyl sites for hydroxylation is 1. The molecule has 8 aromatic rings. The average molecular weight is 837 g/mol. The van der Waals surface area contributed by atoms with Crippen molar-refractivity contribution in [2.45, 2.75) is 52.9 Å². The minimum atomic E-state index is -2.09. The van der Waals surface area contributed by atoms with Gasteiger partial charge in [-0.05, 0) is 70.9 Å². The van der Waals surface area contributed by atoms with E-state index in [0.717, 1.165) is 62.5 Å². The van der Waals surface area contributed by atoms with Crippen LogP contribution < -0.4 is 0 Å². The molecule has 1 radical (unpaired) electrons. The summed E-state index contributed by atoms with van der Waals surface area (Å²) >= 11 is 0. The molecule has 0 unspecified atom stereocenters. The zero-order chi connectivity index (χ0) is 36.4. The van der Waals surface area contributed by atoms with Crippen LogP contribution in [0.15, 0.2) is 130 Å². The van der Waals surface area contributed by atoms with Crippen molar-refractivity contribution in [2.75, 3.05) is 0 Å². The Labute approximate surface area is 311 Å². The molecule has 5 nitrogen and oxygen atoms in total. The maximum Gasteiger partial charge on any atom is 0.133 e. The Morgan fingerprint density at radius 3 is 2.32 bits per heavy atom. The molecule has 253 valence electrons. The predicted octanol–water partition coefficient (Wildman–Crippen LogP) is 11.7. The summed E-state index contributed by atoms with van der Waals surface area (Å²) in [5.41, 5.74) is 10.7. The predicted molar refractivity (Wildman–Crippen MR) is 198 cm³/mol. The standard InChI is InChI=1S/C32H29N2O2.C12H10N.Ir/c1-20(2)23-9-7-10-24(21(3)4)26(23)18-34-29-12-6-5-11-28(29)33-32(34)27-19-36-31-15-14-22(17-25(27)31)30-13-8-16-35-30;1-10-7-8-12(13-9-10)11-5-3-2-4-6-11;/h5-17,20-21H,18H2,1-4H3;2-5,7-9H,1H3;/q2*-1;/i;1D3;. The van der Waals surface area contributed by atoms with Gasteiger partial charge >= 0.3 is 0 Å². The molecule has 0 amide bonds. The molecule has 50 heavy (non-hydrogen) atoms. The molecule has 0 aliphatic rings. The molecule has 6 heteroatoms. The van der Waals surface area contributed by atoms with Crippen LogP contribution in [0, 0.1) is 19.2 Å². The van der Waals surface area contributed by atoms with Gasteiger partial charge in [-0.15, -0.1) is 35.9 Å². The summed E-state index contributed by atoms with van der Waals surface area (Å²) in [6.45, 7) is 7.71. The number of para-hydroxylation sites is 2. The number of furan rings is 2. The Morgan fingerprint density at radius 1 is 0.840 bits per heavy atom. The molecule has 4 heterocycles. The molecule has 0 aliphatic carbocycles. The normalized spacial score (nSPS) is 12.3. The van der Waals surface area contributed by atoms with Gasteiger partial charge < -0.3 is 18.4 Å². The fraction of sp³-hybridized carbons (Fsp3) is 0.182. The molecule has 0 saturated heterocycles. The molecule has 0 spiro atoms. The van der Waals surface area contributed by atoms with Gasteiger partial charge in [0.15, 0.2) is 0 Å². The van der Waals surface area contributed by atoms with Gasteiger partial charge in [0, 0.05) is 54.4 Å². The van der Waals surface area contributed by atoms with E-state index < -0.39 is 6.85 Å². The smallest absolute Gasteiger partial charge is 0.133 e. The van der Waals surface area contributed by atoms with Crippen LogP contribution in [-0.2, 0) is 26.7 Å².